The number of carbonyl (C=O) groups excluding carboxylic acids is 2. The summed E-state index contributed by atoms with van der Waals surface area (Å²) in [6.07, 6.45) is 1.26. The number of carboxylic acid groups (broad SMARTS) is 2. The predicted octanol–water partition coefficient (Wildman–Crippen LogP) is -4.99. The molecule has 1 aliphatic heterocycles. The SMILES string of the molecule is CC(CCC(O)c1cccc(Cl)c1)Cc1ccc2c(c1)OC(C(=O)[O-])(C(=O)[O-])O2.[Na+].[Na+]. The van der Waals surface area contributed by atoms with Crippen LogP contribution in [0.4, 0.5) is 0 Å². The minimum absolute atomic E-state index is 0. The van der Waals surface area contributed by atoms with E-state index in [1.807, 2.05) is 13.0 Å². The molecule has 0 bridgehead atoms. The summed E-state index contributed by atoms with van der Waals surface area (Å²) in [7, 11) is 0. The average molecular weight is 465 g/mol. The number of rotatable bonds is 8. The maximum atomic E-state index is 11.2. The van der Waals surface area contributed by atoms with E-state index in [1.165, 1.54) is 12.1 Å². The molecule has 0 aromatic heterocycles. The fourth-order valence-electron chi connectivity index (χ4n) is 3.25. The van der Waals surface area contributed by atoms with E-state index >= 15 is 0 Å². The van der Waals surface area contributed by atoms with Crippen LogP contribution in [-0.2, 0) is 16.0 Å². The molecule has 2 unspecified atom stereocenters. The molecule has 7 nitrogen and oxygen atoms in total. The summed E-state index contributed by atoms with van der Waals surface area (Å²) in [5, 5.41) is 33.2. The molecule has 0 aliphatic carbocycles. The Balaban J connectivity index is 0.00000240. The second-order valence-electron chi connectivity index (χ2n) is 7.13. The zero-order chi connectivity index (χ0) is 21.2. The largest absolute Gasteiger partial charge is 1.00 e. The molecule has 2 aromatic carbocycles. The minimum atomic E-state index is -2.98. The van der Waals surface area contributed by atoms with E-state index in [2.05, 4.69) is 0 Å². The molecule has 3 rings (SSSR count). The number of benzene rings is 2. The normalized spacial score (nSPS) is 15.2. The molecule has 0 amide bonds. The predicted molar refractivity (Wildman–Crippen MR) is 99.0 cm³/mol. The second kappa shape index (κ2) is 11.9. The number of hydrogen-bond acceptors (Lipinski definition) is 7. The number of aliphatic hydroxyl groups is 1. The van der Waals surface area contributed by atoms with Gasteiger partial charge in [-0.3, -0.25) is 0 Å². The average Bonchev–Trinajstić information content (AvgIpc) is 3.06. The molecule has 0 radical (unpaired) electrons. The Bertz CT molecular complexity index is 924. The molecule has 0 saturated carbocycles. The maximum Gasteiger partial charge on any atom is 1.00 e. The van der Waals surface area contributed by atoms with Crippen LogP contribution < -0.4 is 78.8 Å². The van der Waals surface area contributed by atoms with Crippen LogP contribution in [0.5, 0.6) is 11.5 Å². The van der Waals surface area contributed by atoms with Crippen LogP contribution >= 0.6 is 11.6 Å². The van der Waals surface area contributed by atoms with Gasteiger partial charge in [0.15, 0.2) is 11.5 Å². The Kier molecular flexibility index (Phi) is 10.9. The van der Waals surface area contributed by atoms with Gasteiger partial charge >= 0.3 is 64.9 Å². The van der Waals surface area contributed by atoms with Gasteiger partial charge in [-0.1, -0.05) is 36.7 Å². The van der Waals surface area contributed by atoms with Gasteiger partial charge in [0.25, 0.3) is 0 Å². The van der Waals surface area contributed by atoms with Crippen LogP contribution in [-0.4, -0.2) is 22.8 Å². The van der Waals surface area contributed by atoms with E-state index in [-0.39, 0.29) is 76.5 Å². The summed E-state index contributed by atoms with van der Waals surface area (Å²) in [6, 6.07) is 11.8. The number of aliphatic carboxylic acids is 2. The number of aliphatic hydroxyl groups excluding tert-OH is 1. The minimum Gasteiger partial charge on any atom is -0.542 e. The van der Waals surface area contributed by atoms with Gasteiger partial charge in [0.2, 0.25) is 0 Å². The van der Waals surface area contributed by atoms with Crippen LogP contribution in [0.3, 0.4) is 0 Å². The van der Waals surface area contributed by atoms with Crippen molar-refractivity contribution in [3.63, 3.8) is 0 Å². The van der Waals surface area contributed by atoms with Crippen molar-refractivity contribution in [2.24, 2.45) is 5.92 Å². The number of halogens is 1. The molecule has 0 fully saturated rings. The molecular weight excluding hydrogens is 446 g/mol. The third kappa shape index (κ3) is 6.62. The standard InChI is InChI=1S/C21H21ClO7.2Na/c1-12(5-7-16(23)14-3-2-4-15(22)11-14)9-13-6-8-17-18(10-13)29-21(28-17,19(24)25)20(26)27;;/h2-4,6,8,10-12,16,23H,5,7,9H2,1H3,(H,24,25)(H,26,27);;/q;2*+1/p-2. The fourth-order valence-corrected chi connectivity index (χ4v) is 3.45. The Labute approximate surface area is 229 Å². The third-order valence-electron chi connectivity index (χ3n) is 4.80. The fraction of sp³-hybridized carbons (Fsp3) is 0.333. The van der Waals surface area contributed by atoms with Crippen molar-refractivity contribution in [3.8, 4) is 11.5 Å². The van der Waals surface area contributed by atoms with Crippen LogP contribution in [0.2, 0.25) is 5.02 Å². The van der Waals surface area contributed by atoms with E-state index in [9.17, 15) is 24.9 Å². The van der Waals surface area contributed by atoms with Crippen molar-refractivity contribution < 1.29 is 93.5 Å². The van der Waals surface area contributed by atoms with Crippen molar-refractivity contribution in [3.05, 3.63) is 58.6 Å². The number of hydrogen-bond donors (Lipinski definition) is 1. The van der Waals surface area contributed by atoms with Gasteiger partial charge in [-0.15, -0.1) is 0 Å². The van der Waals surface area contributed by atoms with Gasteiger partial charge in [-0.25, -0.2) is 0 Å². The number of fused-ring (bicyclic) bond motifs is 1. The van der Waals surface area contributed by atoms with Crippen LogP contribution in [0.25, 0.3) is 0 Å². The zero-order valence-corrected chi connectivity index (χ0v) is 22.3. The maximum absolute atomic E-state index is 11.2. The van der Waals surface area contributed by atoms with Crippen molar-refractivity contribution in [1.29, 1.82) is 0 Å². The van der Waals surface area contributed by atoms with Crippen LogP contribution in [0.15, 0.2) is 42.5 Å². The van der Waals surface area contributed by atoms with Gasteiger partial charge in [0.1, 0.15) is 11.9 Å². The van der Waals surface area contributed by atoms with E-state index in [1.54, 1.807) is 24.3 Å². The summed E-state index contributed by atoms with van der Waals surface area (Å²) in [5.74, 6) is -6.88. The van der Waals surface area contributed by atoms with E-state index in [4.69, 9.17) is 21.1 Å². The summed E-state index contributed by atoms with van der Waals surface area (Å²) in [4.78, 5) is 22.3. The Morgan fingerprint density at radius 3 is 2.29 bits per heavy atom. The van der Waals surface area contributed by atoms with Gasteiger partial charge in [0, 0.05) is 5.02 Å². The summed E-state index contributed by atoms with van der Waals surface area (Å²) < 4.78 is 9.93. The molecule has 1 aliphatic rings. The number of carboxylic acids is 2. The Morgan fingerprint density at radius 1 is 1.03 bits per heavy atom. The summed E-state index contributed by atoms with van der Waals surface area (Å²) in [5.41, 5.74) is 1.57. The molecule has 2 atom stereocenters. The molecule has 0 saturated heterocycles. The van der Waals surface area contributed by atoms with E-state index in [0.29, 0.717) is 17.9 Å². The Morgan fingerprint density at radius 2 is 1.68 bits per heavy atom. The number of carbonyl (C=O) groups is 2. The second-order valence-corrected chi connectivity index (χ2v) is 7.57. The zero-order valence-electron chi connectivity index (χ0n) is 17.6. The topological polar surface area (TPSA) is 119 Å². The van der Waals surface area contributed by atoms with Gasteiger partial charge in [-0.05, 0) is 60.6 Å². The molecule has 1 heterocycles. The van der Waals surface area contributed by atoms with Crippen molar-refractivity contribution in [2.75, 3.05) is 0 Å². The molecule has 2 aromatic rings. The van der Waals surface area contributed by atoms with Gasteiger partial charge in [0.05, 0.1) is 6.10 Å². The molecule has 0 spiro atoms. The third-order valence-corrected chi connectivity index (χ3v) is 5.04. The smallest absolute Gasteiger partial charge is 0.542 e. The van der Waals surface area contributed by atoms with E-state index in [0.717, 1.165) is 17.5 Å². The first-order chi connectivity index (χ1) is 13.7. The first kappa shape index (κ1) is 28.3. The first-order valence-electron chi connectivity index (χ1n) is 9.08. The summed E-state index contributed by atoms with van der Waals surface area (Å²) >= 11 is 5.95. The molecule has 154 valence electrons. The Hall–Kier alpha value is -0.770. The molecule has 31 heavy (non-hydrogen) atoms. The van der Waals surface area contributed by atoms with E-state index < -0.39 is 23.8 Å². The van der Waals surface area contributed by atoms with Gasteiger partial charge < -0.3 is 34.4 Å². The van der Waals surface area contributed by atoms with Crippen molar-refractivity contribution in [2.45, 2.75) is 38.1 Å². The van der Waals surface area contributed by atoms with Crippen LogP contribution in [0, 0.1) is 5.92 Å². The van der Waals surface area contributed by atoms with Crippen molar-refractivity contribution in [1.82, 2.24) is 0 Å². The van der Waals surface area contributed by atoms with Crippen LogP contribution in [0.1, 0.15) is 37.0 Å². The molecular formula is C21H19ClNa2O7. The quantitative estimate of drug-likeness (QED) is 0.307. The first-order valence-corrected chi connectivity index (χ1v) is 9.46. The molecule has 1 N–H and O–H groups in total. The number of ether oxygens (including phenoxy) is 2. The summed E-state index contributed by atoms with van der Waals surface area (Å²) in [6.45, 7) is 2.02. The van der Waals surface area contributed by atoms with Gasteiger partial charge in [-0.2, -0.15) is 0 Å². The monoisotopic (exact) mass is 464 g/mol. The molecule has 10 heteroatoms. The van der Waals surface area contributed by atoms with Crippen molar-refractivity contribution >= 4 is 23.5 Å².